The highest BCUT2D eigenvalue weighted by Gasteiger charge is 2.27. The first kappa shape index (κ1) is 25.5. The van der Waals surface area contributed by atoms with E-state index >= 15 is 0 Å². The van der Waals surface area contributed by atoms with Crippen LogP contribution in [-0.4, -0.2) is 68.9 Å². The average molecular weight is 532 g/mol. The van der Waals surface area contributed by atoms with Gasteiger partial charge in [0.1, 0.15) is 17.6 Å². The van der Waals surface area contributed by atoms with E-state index in [9.17, 15) is 4.79 Å². The summed E-state index contributed by atoms with van der Waals surface area (Å²) in [5.41, 5.74) is 4.30. The van der Waals surface area contributed by atoms with Gasteiger partial charge in [0, 0.05) is 70.5 Å². The van der Waals surface area contributed by atoms with E-state index in [1.807, 2.05) is 13.2 Å². The molecule has 1 saturated heterocycles. The third-order valence-electron chi connectivity index (χ3n) is 7.80. The lowest BCUT2D eigenvalue weighted by Gasteiger charge is -2.29. The van der Waals surface area contributed by atoms with E-state index in [1.54, 1.807) is 13.1 Å². The number of fused-ring (bicyclic) bond motifs is 1. The molecule has 1 saturated carbocycles. The lowest BCUT2D eigenvalue weighted by atomic mass is 9.93. The zero-order chi connectivity index (χ0) is 26.8. The van der Waals surface area contributed by atoms with Crippen LogP contribution in [0.3, 0.4) is 0 Å². The second-order valence-electron chi connectivity index (χ2n) is 10.4. The van der Waals surface area contributed by atoms with Crippen LogP contribution in [0, 0.1) is 0 Å². The number of hydrogen-bond acceptors (Lipinski definition) is 8. The Morgan fingerprint density at radius 1 is 1.05 bits per heavy atom. The van der Waals surface area contributed by atoms with Crippen LogP contribution < -0.4 is 15.6 Å². The molecule has 0 amide bonds. The molecule has 4 heterocycles. The Bertz CT molecular complexity index is 1490. The van der Waals surface area contributed by atoms with E-state index in [0.29, 0.717) is 5.88 Å². The molecule has 2 fully saturated rings. The number of hydrogen-bond donors (Lipinski definition) is 1. The lowest BCUT2D eigenvalue weighted by molar-refractivity contribution is 0.0342. The smallest absolute Gasteiger partial charge is 0.266 e. The van der Waals surface area contributed by atoms with Gasteiger partial charge in [0.15, 0.2) is 0 Å². The van der Waals surface area contributed by atoms with Crippen LogP contribution in [0.1, 0.15) is 38.7 Å². The molecule has 6 rings (SSSR count). The van der Waals surface area contributed by atoms with Gasteiger partial charge in [-0.2, -0.15) is 5.10 Å². The summed E-state index contributed by atoms with van der Waals surface area (Å²) in [4.78, 5) is 18.7. The van der Waals surface area contributed by atoms with Gasteiger partial charge in [-0.25, -0.2) is 9.67 Å². The van der Waals surface area contributed by atoms with Crippen LogP contribution in [0.5, 0.6) is 5.88 Å². The molecule has 4 aromatic rings. The summed E-state index contributed by atoms with van der Waals surface area (Å²) >= 11 is 0. The van der Waals surface area contributed by atoms with Crippen molar-refractivity contribution in [2.24, 2.45) is 7.05 Å². The van der Waals surface area contributed by atoms with Crippen molar-refractivity contribution in [3.63, 3.8) is 0 Å². The van der Waals surface area contributed by atoms with Gasteiger partial charge in [-0.1, -0.05) is 24.3 Å². The Labute approximate surface area is 229 Å². The first-order chi connectivity index (χ1) is 19.1. The van der Waals surface area contributed by atoms with Crippen LogP contribution in [0.4, 0.5) is 5.82 Å². The number of ether oxygens (including phenoxy) is 2. The van der Waals surface area contributed by atoms with Gasteiger partial charge in [-0.05, 0) is 31.2 Å². The number of aryl methyl sites for hydroxylation is 1. The van der Waals surface area contributed by atoms with Gasteiger partial charge in [-0.15, -0.1) is 5.10 Å². The number of anilines is 1. The SMILES string of the molecule is CNc1cc2c(cn1)c(-c1ccc(CN3CCOCC3)cc1)nn2C1CCC(Oc2ccc(=O)n(C)n2)CC1.[HH]. The molecule has 39 heavy (non-hydrogen) atoms. The average Bonchev–Trinajstić information content (AvgIpc) is 3.35. The number of aromatic nitrogens is 5. The molecule has 10 nitrogen and oxygen atoms in total. The summed E-state index contributed by atoms with van der Waals surface area (Å²) in [6.45, 7) is 4.50. The lowest BCUT2D eigenvalue weighted by Crippen LogP contribution is -2.35. The van der Waals surface area contributed by atoms with Crippen molar-refractivity contribution >= 4 is 16.7 Å². The summed E-state index contributed by atoms with van der Waals surface area (Å²) in [6, 6.07) is 14.3. The molecule has 0 radical (unpaired) electrons. The molecule has 0 atom stereocenters. The fraction of sp³-hybridized carbons (Fsp3) is 0.448. The van der Waals surface area contributed by atoms with Crippen molar-refractivity contribution in [1.82, 2.24) is 29.4 Å². The van der Waals surface area contributed by atoms with Crippen molar-refractivity contribution in [3.8, 4) is 17.1 Å². The molecule has 0 bridgehead atoms. The van der Waals surface area contributed by atoms with Gasteiger partial charge in [0.2, 0.25) is 5.88 Å². The predicted octanol–water partition coefficient (Wildman–Crippen LogP) is 3.87. The predicted molar refractivity (Wildman–Crippen MR) is 152 cm³/mol. The Hall–Kier alpha value is -3.76. The largest absolute Gasteiger partial charge is 0.473 e. The van der Waals surface area contributed by atoms with Crippen LogP contribution >= 0.6 is 0 Å². The van der Waals surface area contributed by atoms with E-state index < -0.39 is 0 Å². The van der Waals surface area contributed by atoms with Crippen molar-refractivity contribution < 1.29 is 10.9 Å². The first-order valence-electron chi connectivity index (χ1n) is 13.7. The third kappa shape index (κ3) is 5.53. The van der Waals surface area contributed by atoms with Crippen molar-refractivity contribution in [1.29, 1.82) is 0 Å². The number of morpholine rings is 1. The molecular weight excluding hydrogens is 494 g/mol. The van der Waals surface area contributed by atoms with E-state index in [4.69, 9.17) is 14.6 Å². The Kier molecular flexibility index (Phi) is 7.30. The van der Waals surface area contributed by atoms with Crippen LogP contribution in [0.15, 0.2) is 53.5 Å². The summed E-state index contributed by atoms with van der Waals surface area (Å²) in [7, 11) is 3.53. The van der Waals surface area contributed by atoms with Gasteiger partial charge >= 0.3 is 0 Å². The molecule has 1 aliphatic heterocycles. The maximum Gasteiger partial charge on any atom is 0.266 e. The molecule has 206 valence electrons. The van der Waals surface area contributed by atoms with Gasteiger partial charge < -0.3 is 14.8 Å². The maximum atomic E-state index is 11.6. The third-order valence-corrected chi connectivity index (χ3v) is 7.80. The van der Waals surface area contributed by atoms with Crippen molar-refractivity contribution in [2.45, 2.75) is 44.4 Å². The van der Waals surface area contributed by atoms with E-state index in [2.05, 4.69) is 55.3 Å². The Morgan fingerprint density at radius 2 is 1.82 bits per heavy atom. The fourth-order valence-corrected chi connectivity index (χ4v) is 5.57. The molecule has 3 aromatic heterocycles. The number of nitrogens with one attached hydrogen (secondary N) is 1. The second-order valence-corrected chi connectivity index (χ2v) is 10.4. The molecular formula is C29H37N7O3. The quantitative estimate of drug-likeness (QED) is 0.384. The molecule has 1 N–H and O–H groups in total. The minimum Gasteiger partial charge on any atom is -0.473 e. The minimum atomic E-state index is -0.144. The standard InChI is InChI=1S/C29H35N7O3.H2/c1-30-26-17-25-24(18-31-26)29(21-5-3-20(4-6-21)19-35-13-15-38-16-14-35)33-36(25)22-7-9-23(10-8-22)39-27-11-12-28(37)34(2)32-27;/h3-6,11-12,17-18,22-23H,7-10,13-16,19H2,1-2H3,(H,30,31);1H. The van der Waals surface area contributed by atoms with Crippen molar-refractivity contribution in [2.75, 3.05) is 38.7 Å². The summed E-state index contributed by atoms with van der Waals surface area (Å²) in [5, 5.41) is 13.6. The molecule has 10 heteroatoms. The molecule has 0 spiro atoms. The van der Waals surface area contributed by atoms with Gasteiger partial charge in [-0.3, -0.25) is 14.4 Å². The monoisotopic (exact) mass is 531 g/mol. The molecule has 0 unspecified atom stereocenters. The van der Waals surface area contributed by atoms with Gasteiger partial charge in [0.25, 0.3) is 5.56 Å². The summed E-state index contributed by atoms with van der Waals surface area (Å²) in [6.07, 6.45) is 5.69. The second kappa shape index (κ2) is 11.2. The Balaban J connectivity index is 0.00000323. The highest BCUT2D eigenvalue weighted by Crippen LogP contribution is 2.36. The van der Waals surface area contributed by atoms with E-state index in [0.717, 1.165) is 86.5 Å². The summed E-state index contributed by atoms with van der Waals surface area (Å²) in [5.74, 6) is 1.32. The van der Waals surface area contributed by atoms with Crippen molar-refractivity contribution in [3.05, 3.63) is 64.6 Å². The number of nitrogens with zero attached hydrogens (tertiary/aromatic N) is 6. The zero-order valence-electron chi connectivity index (χ0n) is 22.5. The molecule has 1 aromatic carbocycles. The van der Waals surface area contributed by atoms with E-state index in [1.165, 1.54) is 16.3 Å². The van der Waals surface area contributed by atoms with Crippen LogP contribution in [-0.2, 0) is 18.3 Å². The maximum absolute atomic E-state index is 11.6. The number of rotatable bonds is 7. The normalized spacial score (nSPS) is 20.3. The van der Waals surface area contributed by atoms with Gasteiger partial charge in [0.05, 0.1) is 24.8 Å². The minimum absolute atomic E-state index is 0. The number of pyridine rings is 1. The molecule has 1 aliphatic carbocycles. The molecule has 2 aliphatic rings. The van der Waals surface area contributed by atoms with E-state index in [-0.39, 0.29) is 19.1 Å². The topological polar surface area (TPSA) is 99.3 Å². The Morgan fingerprint density at radius 3 is 2.54 bits per heavy atom. The zero-order valence-corrected chi connectivity index (χ0v) is 22.5. The first-order valence-corrected chi connectivity index (χ1v) is 13.7. The van der Waals surface area contributed by atoms with Crippen LogP contribution in [0.2, 0.25) is 0 Å². The summed E-state index contributed by atoms with van der Waals surface area (Å²) < 4.78 is 15.1. The highest BCUT2D eigenvalue weighted by atomic mass is 16.5. The fourth-order valence-electron chi connectivity index (χ4n) is 5.57. The number of benzene rings is 1. The highest BCUT2D eigenvalue weighted by molar-refractivity contribution is 5.94. The van der Waals surface area contributed by atoms with Crippen LogP contribution in [0.25, 0.3) is 22.2 Å².